The fraction of sp³-hybridized carbons (Fsp3) is 1.00. The third-order valence-corrected chi connectivity index (χ3v) is 2.14. The molecule has 0 spiro atoms. The first-order valence-electron chi connectivity index (χ1n) is 3.74. The van der Waals surface area contributed by atoms with Crippen LogP contribution in [0.5, 0.6) is 0 Å². The Kier molecular flexibility index (Phi) is 2.80. The van der Waals surface area contributed by atoms with Gasteiger partial charge in [0.2, 0.25) is 0 Å². The molecule has 0 aromatic heterocycles. The minimum absolute atomic E-state index is 0.187. The predicted molar refractivity (Wildman–Crippen MR) is 37.7 cm³/mol. The fourth-order valence-electron chi connectivity index (χ4n) is 1.31. The molecule has 1 heterocycles. The van der Waals surface area contributed by atoms with Gasteiger partial charge in [-0.3, -0.25) is 0 Å². The molecular weight excluding hydrogens is 148 g/mol. The number of aliphatic hydroxyl groups excluding tert-OH is 3. The van der Waals surface area contributed by atoms with Crippen molar-refractivity contribution < 1.29 is 20.6 Å². The van der Waals surface area contributed by atoms with E-state index in [9.17, 15) is 10.2 Å². The lowest BCUT2D eigenvalue weighted by Crippen LogP contribution is -2.99. The quantitative estimate of drug-likeness (QED) is 0.271. The smallest absolute Gasteiger partial charge is 0.135 e. The largest absolute Gasteiger partial charge is 0.387 e. The molecule has 1 aliphatic rings. The molecule has 0 amide bonds. The molecule has 1 aliphatic heterocycles. The minimum Gasteiger partial charge on any atom is -0.387 e. The third kappa shape index (κ3) is 1.69. The van der Waals surface area contributed by atoms with E-state index < -0.39 is 18.3 Å². The topological polar surface area (TPSA) is 103 Å². The Balaban J connectivity index is 2.52. The van der Waals surface area contributed by atoms with Gasteiger partial charge in [-0.25, -0.2) is 0 Å². The van der Waals surface area contributed by atoms with Gasteiger partial charge in [0.05, 0.1) is 0 Å². The highest BCUT2D eigenvalue weighted by Crippen LogP contribution is 2.04. The van der Waals surface area contributed by atoms with Crippen LogP contribution in [-0.4, -0.2) is 52.8 Å². The van der Waals surface area contributed by atoms with Crippen LogP contribution in [0.25, 0.3) is 0 Å². The van der Waals surface area contributed by atoms with Crippen molar-refractivity contribution in [3.63, 3.8) is 0 Å². The Morgan fingerprint density at radius 3 is 2.45 bits per heavy atom. The summed E-state index contributed by atoms with van der Waals surface area (Å²) in [5.74, 6) is 0. The van der Waals surface area contributed by atoms with Crippen LogP contribution in [0.15, 0.2) is 0 Å². The van der Waals surface area contributed by atoms with Crippen molar-refractivity contribution >= 4 is 0 Å². The van der Waals surface area contributed by atoms with Crippen molar-refractivity contribution in [2.24, 2.45) is 5.73 Å². The van der Waals surface area contributed by atoms with E-state index in [1.54, 1.807) is 5.32 Å². The molecule has 0 unspecified atom stereocenters. The van der Waals surface area contributed by atoms with Gasteiger partial charge in [0.15, 0.2) is 0 Å². The van der Waals surface area contributed by atoms with Crippen molar-refractivity contribution in [2.45, 2.75) is 24.4 Å². The number of quaternary nitrogens is 1. The standard InChI is InChI=1S/C6H14N2O3/c7-1-3-5(10)6(11)4(9)2-8-3/h3-6,8-11H,1-2,7H2/p+1/t3-,4+,5-,6-/m1/s1. The number of nitrogens with two attached hydrogens (primary N) is 2. The van der Waals surface area contributed by atoms with Gasteiger partial charge in [-0.2, -0.15) is 0 Å². The van der Waals surface area contributed by atoms with Crippen molar-refractivity contribution in [3.05, 3.63) is 0 Å². The monoisotopic (exact) mass is 163 g/mol. The second kappa shape index (κ2) is 3.46. The zero-order valence-electron chi connectivity index (χ0n) is 6.22. The molecule has 0 aliphatic carbocycles. The molecule has 5 nitrogen and oxygen atoms in total. The summed E-state index contributed by atoms with van der Waals surface area (Å²) in [5, 5.41) is 29.3. The summed E-state index contributed by atoms with van der Waals surface area (Å²) < 4.78 is 0. The molecule has 1 saturated heterocycles. The molecule has 0 radical (unpaired) electrons. The van der Waals surface area contributed by atoms with Crippen LogP contribution < -0.4 is 11.1 Å². The van der Waals surface area contributed by atoms with E-state index >= 15 is 0 Å². The molecule has 0 bridgehead atoms. The molecule has 11 heavy (non-hydrogen) atoms. The maximum absolute atomic E-state index is 9.29. The van der Waals surface area contributed by atoms with Crippen LogP contribution in [0, 0.1) is 0 Å². The first kappa shape index (κ1) is 8.89. The van der Waals surface area contributed by atoms with Gasteiger partial charge >= 0.3 is 0 Å². The van der Waals surface area contributed by atoms with E-state index in [2.05, 4.69) is 0 Å². The average Bonchev–Trinajstić information content (AvgIpc) is 2.01. The third-order valence-electron chi connectivity index (χ3n) is 2.14. The van der Waals surface area contributed by atoms with Gasteiger partial charge in [0, 0.05) is 6.54 Å². The van der Waals surface area contributed by atoms with Crippen molar-refractivity contribution in [2.75, 3.05) is 13.1 Å². The molecule has 66 valence electrons. The summed E-state index contributed by atoms with van der Waals surface area (Å²) in [4.78, 5) is 0. The maximum atomic E-state index is 9.29. The Hall–Kier alpha value is -0.200. The first-order valence-corrected chi connectivity index (χ1v) is 3.74. The highest BCUT2D eigenvalue weighted by molar-refractivity contribution is 4.83. The molecule has 7 N–H and O–H groups in total. The lowest BCUT2D eigenvalue weighted by molar-refractivity contribution is -0.713. The molecule has 1 fully saturated rings. The zero-order valence-corrected chi connectivity index (χ0v) is 6.22. The molecule has 0 aromatic carbocycles. The second-order valence-corrected chi connectivity index (χ2v) is 2.92. The highest BCUT2D eigenvalue weighted by atomic mass is 16.4. The Morgan fingerprint density at radius 2 is 1.91 bits per heavy atom. The van der Waals surface area contributed by atoms with E-state index in [-0.39, 0.29) is 6.04 Å². The van der Waals surface area contributed by atoms with Gasteiger partial charge in [0.25, 0.3) is 0 Å². The van der Waals surface area contributed by atoms with Gasteiger partial charge < -0.3 is 26.4 Å². The summed E-state index contributed by atoms with van der Waals surface area (Å²) in [5.41, 5.74) is 5.32. The summed E-state index contributed by atoms with van der Waals surface area (Å²) in [6.07, 6.45) is -2.80. The summed E-state index contributed by atoms with van der Waals surface area (Å²) in [6.45, 7) is 0.713. The molecule has 5 heteroatoms. The van der Waals surface area contributed by atoms with E-state index in [1.165, 1.54) is 0 Å². The van der Waals surface area contributed by atoms with Crippen LogP contribution >= 0.6 is 0 Å². The number of piperidine rings is 1. The molecule has 1 rings (SSSR count). The molecule has 0 saturated carbocycles. The number of rotatable bonds is 1. The number of aliphatic hydroxyl groups is 3. The van der Waals surface area contributed by atoms with Gasteiger partial charge in [-0.05, 0) is 0 Å². The lowest BCUT2D eigenvalue weighted by Gasteiger charge is -2.32. The van der Waals surface area contributed by atoms with E-state index in [0.29, 0.717) is 13.1 Å². The Labute approximate surface area is 64.8 Å². The Bertz CT molecular complexity index is 131. The Morgan fingerprint density at radius 1 is 1.27 bits per heavy atom. The molecule has 0 aromatic rings. The van der Waals surface area contributed by atoms with Gasteiger partial charge in [0.1, 0.15) is 30.9 Å². The average molecular weight is 163 g/mol. The van der Waals surface area contributed by atoms with Gasteiger partial charge in [-0.15, -0.1) is 0 Å². The molecular formula is C6H15N2O3+. The second-order valence-electron chi connectivity index (χ2n) is 2.92. The van der Waals surface area contributed by atoms with Gasteiger partial charge in [-0.1, -0.05) is 0 Å². The van der Waals surface area contributed by atoms with Crippen molar-refractivity contribution in [3.8, 4) is 0 Å². The summed E-state index contributed by atoms with van der Waals surface area (Å²) in [6, 6.07) is -0.187. The van der Waals surface area contributed by atoms with Crippen LogP contribution in [0.3, 0.4) is 0 Å². The van der Waals surface area contributed by atoms with Crippen molar-refractivity contribution in [1.82, 2.24) is 0 Å². The molecule has 4 atom stereocenters. The first-order chi connectivity index (χ1) is 5.16. The van der Waals surface area contributed by atoms with E-state index in [4.69, 9.17) is 10.8 Å². The fourth-order valence-corrected chi connectivity index (χ4v) is 1.31. The highest BCUT2D eigenvalue weighted by Gasteiger charge is 2.38. The normalized spacial score (nSPS) is 45.8. The van der Waals surface area contributed by atoms with E-state index in [1.807, 2.05) is 0 Å². The van der Waals surface area contributed by atoms with Crippen molar-refractivity contribution in [1.29, 1.82) is 0 Å². The predicted octanol–water partition coefficient (Wildman–Crippen LogP) is -4.03. The van der Waals surface area contributed by atoms with Crippen LogP contribution in [-0.2, 0) is 0 Å². The van der Waals surface area contributed by atoms with E-state index in [0.717, 1.165) is 0 Å². The summed E-state index contributed by atoms with van der Waals surface area (Å²) in [7, 11) is 0. The SMILES string of the molecule is NC[C@H]1[NH2+]C[C@H](O)[C@@H](O)[C@@H]1O. The number of hydrogen-bond donors (Lipinski definition) is 5. The zero-order chi connectivity index (χ0) is 8.43. The maximum Gasteiger partial charge on any atom is 0.135 e. The summed E-state index contributed by atoms with van der Waals surface area (Å²) >= 11 is 0. The lowest BCUT2D eigenvalue weighted by atomic mass is 9.96. The number of hydrogen-bond acceptors (Lipinski definition) is 4. The van der Waals surface area contributed by atoms with Crippen LogP contribution in [0.2, 0.25) is 0 Å². The minimum atomic E-state index is -1.05. The van der Waals surface area contributed by atoms with Crippen LogP contribution in [0.4, 0.5) is 0 Å². The van der Waals surface area contributed by atoms with Crippen LogP contribution in [0.1, 0.15) is 0 Å².